The van der Waals surface area contributed by atoms with Crippen LogP contribution in [0.15, 0.2) is 24.3 Å². The topological polar surface area (TPSA) is 0 Å². The number of hydrogen-bond acceptors (Lipinski definition) is 0. The van der Waals surface area contributed by atoms with E-state index in [0.29, 0.717) is 0 Å². The van der Waals surface area contributed by atoms with E-state index >= 15 is 0 Å². The molecule has 2 fully saturated rings. The predicted molar refractivity (Wildman–Crippen MR) is 96.9 cm³/mol. The van der Waals surface area contributed by atoms with E-state index < -0.39 is 7.26 Å². The van der Waals surface area contributed by atoms with Gasteiger partial charge in [0, 0.05) is 31.7 Å². The van der Waals surface area contributed by atoms with Crippen molar-refractivity contribution in [3.8, 4) is 0 Å². The smallest absolute Gasteiger partial charge is 0.123 e. The Kier molecular flexibility index (Phi) is 8.02. The normalized spacial score (nSPS) is 21.0. The first-order valence-electron chi connectivity index (χ1n) is 8.86. The first kappa shape index (κ1) is 19.9. The molecule has 0 saturated heterocycles. The molecule has 2 saturated carbocycles. The third kappa shape index (κ3) is 4.20. The second-order valence-corrected chi connectivity index (χ2v) is 11.4. The van der Waals surface area contributed by atoms with E-state index in [9.17, 15) is 4.39 Å². The van der Waals surface area contributed by atoms with Crippen LogP contribution in [0.3, 0.4) is 0 Å². The van der Waals surface area contributed by atoms with Crippen molar-refractivity contribution in [3.63, 3.8) is 0 Å². The summed E-state index contributed by atoms with van der Waals surface area (Å²) in [5.41, 5.74) is 3.53. The quantitative estimate of drug-likeness (QED) is 0.281. The van der Waals surface area contributed by atoms with Crippen molar-refractivity contribution in [3.05, 3.63) is 35.7 Å². The Bertz CT molecular complexity index is 449. The van der Waals surface area contributed by atoms with Crippen molar-refractivity contribution in [2.24, 2.45) is 0 Å². The van der Waals surface area contributed by atoms with E-state index in [1.165, 1.54) is 69.5 Å². The summed E-state index contributed by atoms with van der Waals surface area (Å²) in [4.78, 5) is 0. The van der Waals surface area contributed by atoms with E-state index in [4.69, 9.17) is 11.6 Å². The SMILES string of the molecule is Fc1ccc([P+]([CH-]Cl)(C2CCCCC2)C2CCCCC2)cc1.[Pd]. The van der Waals surface area contributed by atoms with Gasteiger partial charge >= 0.3 is 0 Å². The molecule has 2 aliphatic carbocycles. The van der Waals surface area contributed by atoms with Gasteiger partial charge in [0.2, 0.25) is 0 Å². The van der Waals surface area contributed by atoms with Gasteiger partial charge in [0.05, 0.1) is 5.30 Å². The van der Waals surface area contributed by atoms with Gasteiger partial charge in [-0.25, -0.2) is 4.39 Å². The van der Waals surface area contributed by atoms with Crippen molar-refractivity contribution < 1.29 is 24.8 Å². The van der Waals surface area contributed by atoms with Crippen LogP contribution in [0.4, 0.5) is 4.39 Å². The second kappa shape index (κ2) is 9.29. The van der Waals surface area contributed by atoms with Crippen molar-refractivity contribution in [1.29, 1.82) is 0 Å². The fourth-order valence-electron chi connectivity index (χ4n) is 4.65. The van der Waals surface area contributed by atoms with Gasteiger partial charge in [0.1, 0.15) is 5.82 Å². The van der Waals surface area contributed by atoms with Gasteiger partial charge in [0.15, 0.2) is 0 Å². The number of rotatable bonds is 4. The molecule has 0 nitrogen and oxygen atoms in total. The van der Waals surface area contributed by atoms with Crippen LogP contribution in [0, 0.1) is 11.4 Å². The molecule has 4 heteroatoms. The molecule has 0 amide bonds. The van der Waals surface area contributed by atoms with Gasteiger partial charge in [-0.3, -0.25) is 0 Å². The number of hydrogen-bond donors (Lipinski definition) is 0. The van der Waals surface area contributed by atoms with E-state index in [-0.39, 0.29) is 26.2 Å². The zero-order valence-corrected chi connectivity index (χ0v) is 16.8. The fraction of sp³-hybridized carbons (Fsp3) is 0.632. The summed E-state index contributed by atoms with van der Waals surface area (Å²) in [6.45, 7) is 0. The minimum absolute atomic E-state index is 0. The third-order valence-corrected chi connectivity index (χ3v) is 11.7. The molecule has 0 radical (unpaired) electrons. The third-order valence-electron chi connectivity index (χ3n) is 5.79. The van der Waals surface area contributed by atoms with Gasteiger partial charge in [-0.2, -0.15) is 0 Å². The second-order valence-electron chi connectivity index (χ2n) is 6.99. The van der Waals surface area contributed by atoms with Crippen LogP contribution >= 0.6 is 18.9 Å². The molecule has 0 heterocycles. The predicted octanol–water partition coefficient (Wildman–Crippen LogP) is 6.49. The molecular formula is C19H27ClFPPd. The Labute approximate surface area is 159 Å². The summed E-state index contributed by atoms with van der Waals surface area (Å²) < 4.78 is 13.4. The molecule has 3 rings (SSSR count). The summed E-state index contributed by atoms with van der Waals surface area (Å²) in [5.74, 6) is -0.135. The van der Waals surface area contributed by atoms with Crippen LogP contribution in [0.25, 0.3) is 0 Å². The summed E-state index contributed by atoms with van der Waals surface area (Å²) in [6, 6.07) is 7.34. The van der Waals surface area contributed by atoms with Crippen LogP contribution in [0.2, 0.25) is 0 Å². The first-order valence-corrected chi connectivity index (χ1v) is 11.3. The zero-order valence-electron chi connectivity index (χ0n) is 13.6. The van der Waals surface area contributed by atoms with Crippen LogP contribution < -0.4 is 5.30 Å². The molecule has 0 atom stereocenters. The maximum atomic E-state index is 13.4. The maximum Gasteiger partial charge on any atom is 0.123 e. The van der Waals surface area contributed by atoms with E-state index in [2.05, 4.69) is 5.62 Å². The average molecular weight is 447 g/mol. The number of benzene rings is 1. The van der Waals surface area contributed by atoms with Gasteiger partial charge in [-0.1, -0.05) is 25.7 Å². The summed E-state index contributed by atoms with van der Waals surface area (Å²) >= 11 is 6.60. The summed E-state index contributed by atoms with van der Waals surface area (Å²) in [5, 5.41) is 1.35. The molecular weight excluding hydrogens is 420 g/mol. The standard InChI is InChI=1S/C19H27ClFP.Pd/c20-15-22(17-7-3-1-4-8-17,18-9-5-2-6-10-18)19-13-11-16(21)12-14-19;/h11-15,17-18H,1-10H2;. The molecule has 0 bridgehead atoms. The van der Waals surface area contributed by atoms with Gasteiger partial charge in [-0.15, -0.1) is 0 Å². The van der Waals surface area contributed by atoms with Crippen molar-refractivity contribution >= 4 is 24.2 Å². The van der Waals surface area contributed by atoms with Crippen molar-refractivity contribution in [2.75, 3.05) is 0 Å². The summed E-state index contributed by atoms with van der Waals surface area (Å²) in [7, 11) is -1.53. The van der Waals surface area contributed by atoms with E-state index in [1.54, 1.807) is 12.1 Å². The zero-order chi connectivity index (χ0) is 15.4. The monoisotopic (exact) mass is 446 g/mol. The van der Waals surface area contributed by atoms with Crippen molar-refractivity contribution in [1.82, 2.24) is 0 Å². The minimum atomic E-state index is -1.53. The molecule has 0 spiro atoms. The minimum Gasteiger partial charge on any atom is -0.304 e. The molecule has 1 aromatic rings. The van der Waals surface area contributed by atoms with Gasteiger partial charge in [0.25, 0.3) is 0 Å². The van der Waals surface area contributed by atoms with Crippen LogP contribution in [-0.2, 0) is 20.4 Å². The van der Waals surface area contributed by atoms with Crippen LogP contribution in [0.5, 0.6) is 0 Å². The fourth-order valence-corrected chi connectivity index (χ4v) is 10.9. The molecule has 1 aromatic carbocycles. The van der Waals surface area contributed by atoms with Crippen molar-refractivity contribution in [2.45, 2.75) is 75.5 Å². The van der Waals surface area contributed by atoms with E-state index in [0.717, 1.165) is 11.3 Å². The Morgan fingerprint density at radius 1 is 0.826 bits per heavy atom. The van der Waals surface area contributed by atoms with Crippen LogP contribution in [-0.4, -0.2) is 11.3 Å². The Morgan fingerprint density at radius 3 is 1.65 bits per heavy atom. The molecule has 132 valence electrons. The molecule has 2 aliphatic rings. The molecule has 0 aliphatic heterocycles. The molecule has 23 heavy (non-hydrogen) atoms. The summed E-state index contributed by atoms with van der Waals surface area (Å²) in [6.07, 6.45) is 13.3. The molecule has 0 aromatic heterocycles. The maximum absolute atomic E-state index is 13.4. The van der Waals surface area contributed by atoms with Gasteiger partial charge in [-0.05, 0) is 75.6 Å². The number of halogens is 2. The van der Waals surface area contributed by atoms with Crippen LogP contribution in [0.1, 0.15) is 64.2 Å². The Balaban J connectivity index is 0.00000192. The average Bonchev–Trinajstić information content (AvgIpc) is 2.59. The largest absolute Gasteiger partial charge is 0.304 e. The molecule has 0 unspecified atom stereocenters. The van der Waals surface area contributed by atoms with E-state index in [1.807, 2.05) is 12.1 Å². The Morgan fingerprint density at radius 2 is 1.26 bits per heavy atom. The molecule has 0 N–H and O–H groups in total. The Hall–Kier alpha value is 0.532. The first-order chi connectivity index (χ1) is 10.8. The van der Waals surface area contributed by atoms with Gasteiger partial charge < -0.3 is 11.6 Å².